The lowest BCUT2D eigenvalue weighted by Crippen LogP contribution is -2.33. The van der Waals surface area contributed by atoms with Crippen LogP contribution < -0.4 is 15.5 Å². The molecule has 3 heterocycles. The molecule has 2 aliphatic rings. The Labute approximate surface area is 165 Å². The topological polar surface area (TPSA) is 98.8 Å². The van der Waals surface area contributed by atoms with Crippen molar-refractivity contribution in [1.82, 2.24) is 30.8 Å². The highest BCUT2D eigenvalue weighted by atomic mass is 16.2. The highest BCUT2D eigenvalue weighted by molar-refractivity contribution is 5.90. The van der Waals surface area contributed by atoms with Gasteiger partial charge in [0.25, 0.3) is 5.91 Å². The third-order valence-corrected chi connectivity index (χ3v) is 6.04. The maximum Gasteiger partial charge on any atom is 0.288 e. The number of H-pyrrole nitrogens is 1. The van der Waals surface area contributed by atoms with E-state index in [1.54, 1.807) is 7.05 Å². The fourth-order valence-corrected chi connectivity index (χ4v) is 3.89. The molecule has 2 aromatic rings. The summed E-state index contributed by atoms with van der Waals surface area (Å²) in [5.74, 6) is 1.51. The summed E-state index contributed by atoms with van der Waals surface area (Å²) in [5, 5.41) is 13.9. The van der Waals surface area contributed by atoms with Crippen LogP contribution in [0.5, 0.6) is 0 Å². The number of hydrogen-bond donors (Lipinski definition) is 3. The minimum absolute atomic E-state index is 0.234. The van der Waals surface area contributed by atoms with Gasteiger partial charge in [0.05, 0.1) is 5.69 Å². The summed E-state index contributed by atoms with van der Waals surface area (Å²) >= 11 is 0. The zero-order valence-electron chi connectivity index (χ0n) is 16.9. The van der Waals surface area contributed by atoms with Crippen molar-refractivity contribution >= 4 is 11.7 Å². The molecule has 1 saturated heterocycles. The molecule has 0 aromatic carbocycles. The van der Waals surface area contributed by atoms with E-state index in [1.807, 2.05) is 13.8 Å². The SMILES string of the molecule is CNC(=O)c1nc(C)c(C)c(N2CC[C@@H](NCc3cc(C4CCC4)n[nH]3)C2)n1. The molecule has 0 bridgehead atoms. The number of rotatable bonds is 6. The first-order valence-corrected chi connectivity index (χ1v) is 10.1. The summed E-state index contributed by atoms with van der Waals surface area (Å²) in [5.41, 5.74) is 4.24. The Morgan fingerprint density at radius 1 is 1.29 bits per heavy atom. The van der Waals surface area contributed by atoms with Crippen molar-refractivity contribution < 1.29 is 4.79 Å². The molecule has 1 aliphatic heterocycles. The Kier molecular flexibility index (Phi) is 5.30. The van der Waals surface area contributed by atoms with E-state index in [0.29, 0.717) is 12.0 Å². The lowest BCUT2D eigenvalue weighted by atomic mass is 9.83. The molecule has 0 radical (unpaired) electrons. The second kappa shape index (κ2) is 7.87. The van der Waals surface area contributed by atoms with Crippen LogP contribution in [0.25, 0.3) is 0 Å². The number of carbonyl (C=O) groups is 1. The molecule has 1 aliphatic carbocycles. The number of anilines is 1. The first-order chi connectivity index (χ1) is 13.5. The fraction of sp³-hybridized carbons (Fsp3) is 0.600. The fourth-order valence-electron chi connectivity index (χ4n) is 3.89. The smallest absolute Gasteiger partial charge is 0.288 e. The summed E-state index contributed by atoms with van der Waals surface area (Å²) in [4.78, 5) is 23.1. The molecule has 2 fully saturated rings. The number of aromatic nitrogens is 4. The minimum atomic E-state index is -0.250. The van der Waals surface area contributed by atoms with Crippen LogP contribution in [-0.4, -0.2) is 52.3 Å². The third-order valence-electron chi connectivity index (χ3n) is 6.04. The molecule has 1 atom stereocenters. The first kappa shape index (κ1) is 18.9. The predicted octanol–water partition coefficient (Wildman–Crippen LogP) is 1.81. The van der Waals surface area contributed by atoms with Crippen LogP contribution >= 0.6 is 0 Å². The molecule has 1 saturated carbocycles. The van der Waals surface area contributed by atoms with Gasteiger partial charge in [-0.15, -0.1) is 0 Å². The average Bonchev–Trinajstić information content (AvgIpc) is 3.29. The van der Waals surface area contributed by atoms with Crippen LogP contribution in [0, 0.1) is 13.8 Å². The minimum Gasteiger partial charge on any atom is -0.355 e. The first-order valence-electron chi connectivity index (χ1n) is 10.1. The zero-order valence-corrected chi connectivity index (χ0v) is 16.9. The van der Waals surface area contributed by atoms with Crippen LogP contribution in [-0.2, 0) is 6.54 Å². The predicted molar refractivity (Wildman–Crippen MR) is 108 cm³/mol. The van der Waals surface area contributed by atoms with E-state index < -0.39 is 0 Å². The lowest BCUT2D eigenvalue weighted by molar-refractivity contribution is 0.0952. The van der Waals surface area contributed by atoms with E-state index in [1.165, 1.54) is 25.0 Å². The molecule has 0 unspecified atom stereocenters. The monoisotopic (exact) mass is 383 g/mol. The van der Waals surface area contributed by atoms with Gasteiger partial charge in [-0.05, 0) is 39.2 Å². The Morgan fingerprint density at radius 3 is 2.82 bits per heavy atom. The normalized spacial score (nSPS) is 19.7. The van der Waals surface area contributed by atoms with Gasteiger partial charge in [-0.3, -0.25) is 9.89 Å². The second-order valence-corrected chi connectivity index (χ2v) is 7.92. The Hall–Kier alpha value is -2.48. The van der Waals surface area contributed by atoms with E-state index in [-0.39, 0.29) is 11.7 Å². The summed E-state index contributed by atoms with van der Waals surface area (Å²) in [6.07, 6.45) is 4.91. The number of aryl methyl sites for hydroxylation is 1. The zero-order chi connectivity index (χ0) is 19.7. The molecular formula is C20H29N7O. The molecule has 3 N–H and O–H groups in total. The van der Waals surface area contributed by atoms with Crippen molar-refractivity contribution in [3.05, 3.63) is 34.5 Å². The van der Waals surface area contributed by atoms with Crippen molar-refractivity contribution in [3.63, 3.8) is 0 Å². The van der Waals surface area contributed by atoms with Crippen molar-refractivity contribution in [2.24, 2.45) is 0 Å². The number of aromatic amines is 1. The highest BCUT2D eigenvalue weighted by Crippen LogP contribution is 2.35. The number of amides is 1. The summed E-state index contributed by atoms with van der Waals surface area (Å²) in [6.45, 7) is 6.53. The second-order valence-electron chi connectivity index (χ2n) is 7.92. The van der Waals surface area contributed by atoms with Crippen LogP contribution in [0.15, 0.2) is 6.07 Å². The maximum atomic E-state index is 12.0. The van der Waals surface area contributed by atoms with Gasteiger partial charge in [0.2, 0.25) is 5.82 Å². The van der Waals surface area contributed by atoms with E-state index in [0.717, 1.165) is 48.8 Å². The van der Waals surface area contributed by atoms with Gasteiger partial charge >= 0.3 is 0 Å². The van der Waals surface area contributed by atoms with Gasteiger partial charge in [0.15, 0.2) is 0 Å². The lowest BCUT2D eigenvalue weighted by Gasteiger charge is -2.22. The van der Waals surface area contributed by atoms with Crippen LogP contribution in [0.3, 0.4) is 0 Å². The van der Waals surface area contributed by atoms with Crippen molar-refractivity contribution in [2.45, 2.75) is 58.0 Å². The molecule has 0 spiro atoms. The third kappa shape index (κ3) is 3.73. The molecule has 8 heteroatoms. The molecule has 1 amide bonds. The Bertz CT molecular complexity index is 858. The number of nitrogens with zero attached hydrogens (tertiary/aromatic N) is 4. The van der Waals surface area contributed by atoms with Gasteiger partial charge < -0.3 is 15.5 Å². The van der Waals surface area contributed by atoms with Crippen LogP contribution in [0.1, 0.15) is 64.9 Å². The maximum absolute atomic E-state index is 12.0. The molecular weight excluding hydrogens is 354 g/mol. The number of carbonyl (C=O) groups excluding carboxylic acids is 1. The number of hydrogen-bond acceptors (Lipinski definition) is 6. The van der Waals surface area contributed by atoms with Crippen LogP contribution in [0.4, 0.5) is 5.82 Å². The van der Waals surface area contributed by atoms with Gasteiger partial charge in [0, 0.05) is 55.6 Å². The Balaban J connectivity index is 1.38. The van der Waals surface area contributed by atoms with Crippen molar-refractivity contribution in [2.75, 3.05) is 25.0 Å². The van der Waals surface area contributed by atoms with Gasteiger partial charge in [0.1, 0.15) is 5.82 Å². The number of nitrogens with one attached hydrogen (secondary N) is 3. The molecule has 4 rings (SSSR count). The van der Waals surface area contributed by atoms with Gasteiger partial charge in [-0.1, -0.05) is 6.42 Å². The van der Waals surface area contributed by atoms with E-state index in [2.05, 4.69) is 41.8 Å². The summed E-state index contributed by atoms with van der Waals surface area (Å²) in [7, 11) is 1.60. The van der Waals surface area contributed by atoms with E-state index >= 15 is 0 Å². The van der Waals surface area contributed by atoms with Crippen LogP contribution in [0.2, 0.25) is 0 Å². The largest absolute Gasteiger partial charge is 0.355 e. The Morgan fingerprint density at radius 2 is 2.11 bits per heavy atom. The van der Waals surface area contributed by atoms with Gasteiger partial charge in [-0.25, -0.2) is 9.97 Å². The van der Waals surface area contributed by atoms with E-state index in [4.69, 9.17) is 0 Å². The van der Waals surface area contributed by atoms with Crippen molar-refractivity contribution in [1.29, 1.82) is 0 Å². The average molecular weight is 384 g/mol. The molecule has 28 heavy (non-hydrogen) atoms. The molecule has 2 aromatic heterocycles. The van der Waals surface area contributed by atoms with E-state index in [9.17, 15) is 4.79 Å². The molecule has 8 nitrogen and oxygen atoms in total. The summed E-state index contributed by atoms with van der Waals surface area (Å²) < 4.78 is 0. The molecule has 150 valence electrons. The van der Waals surface area contributed by atoms with Crippen molar-refractivity contribution in [3.8, 4) is 0 Å². The quantitative estimate of drug-likeness (QED) is 0.704. The standard InChI is InChI=1S/C20H29N7O/c1-12-13(2)23-18(20(28)21-3)24-19(12)27-8-7-15(11-27)22-10-16-9-17(26-25-16)14-5-4-6-14/h9,14-15,22H,4-8,10-11H2,1-3H3,(H,21,28)(H,25,26)/t15-/m1/s1. The summed E-state index contributed by atoms with van der Waals surface area (Å²) in [6, 6.07) is 2.59. The highest BCUT2D eigenvalue weighted by Gasteiger charge is 2.27. The van der Waals surface area contributed by atoms with Gasteiger partial charge in [-0.2, -0.15) is 5.10 Å².